The van der Waals surface area contributed by atoms with Crippen molar-refractivity contribution in [2.24, 2.45) is 0 Å². The van der Waals surface area contributed by atoms with Gasteiger partial charge in [0, 0.05) is 63.9 Å². The van der Waals surface area contributed by atoms with E-state index in [2.05, 4.69) is 197 Å². The second-order valence-corrected chi connectivity index (χ2v) is 16.3. The van der Waals surface area contributed by atoms with Crippen molar-refractivity contribution in [3.8, 4) is 33.6 Å². The predicted molar refractivity (Wildman–Crippen MR) is 246 cm³/mol. The summed E-state index contributed by atoms with van der Waals surface area (Å²) in [5.74, 6) is 0. The van der Waals surface area contributed by atoms with Crippen LogP contribution in [0.4, 0.5) is 0 Å². The van der Waals surface area contributed by atoms with E-state index in [4.69, 9.17) is 4.42 Å². The molecule has 270 valence electrons. The zero-order valence-corrected chi connectivity index (χ0v) is 32.0. The first kappa shape index (κ1) is 31.8. The summed E-state index contributed by atoms with van der Waals surface area (Å²) in [5.41, 5.74) is 13.7. The van der Waals surface area contributed by atoms with Crippen LogP contribution in [-0.2, 0) is 0 Å². The minimum absolute atomic E-state index is 0.904. The summed E-state index contributed by atoms with van der Waals surface area (Å²) in [6.45, 7) is 0. The van der Waals surface area contributed by atoms with Gasteiger partial charge in [-0.2, -0.15) is 0 Å². The fourth-order valence-electron chi connectivity index (χ4n) is 9.81. The molecule has 0 fully saturated rings. The highest BCUT2D eigenvalue weighted by Gasteiger charge is 2.22. The quantitative estimate of drug-likeness (QED) is 0.175. The zero-order chi connectivity index (χ0) is 37.9. The maximum Gasteiger partial charge on any atom is 0.136 e. The van der Waals surface area contributed by atoms with Crippen molar-refractivity contribution in [1.29, 1.82) is 0 Å². The van der Waals surface area contributed by atoms with Gasteiger partial charge in [0.15, 0.2) is 0 Å². The van der Waals surface area contributed by atoms with E-state index in [1.807, 2.05) is 17.4 Å². The molecule has 0 saturated heterocycles. The number of para-hydroxylation sites is 3. The van der Waals surface area contributed by atoms with Crippen LogP contribution in [0, 0.1) is 0 Å². The molecule has 0 bridgehead atoms. The van der Waals surface area contributed by atoms with Gasteiger partial charge >= 0.3 is 0 Å². The average molecular weight is 757 g/mol. The molecule has 0 aliphatic carbocycles. The Bertz CT molecular complexity index is 3570. The highest BCUT2D eigenvalue weighted by Crippen LogP contribution is 2.46. The van der Waals surface area contributed by atoms with Crippen LogP contribution >= 0.6 is 11.3 Å². The van der Waals surface area contributed by atoms with Crippen LogP contribution < -0.4 is 0 Å². The number of fused-ring (bicyclic) bond motifs is 12. The lowest BCUT2D eigenvalue weighted by Gasteiger charge is -2.13. The molecule has 0 aliphatic heterocycles. The number of rotatable bonds is 4. The Morgan fingerprint density at radius 2 is 0.759 bits per heavy atom. The lowest BCUT2D eigenvalue weighted by atomic mass is 9.95. The third-order valence-electron chi connectivity index (χ3n) is 12.1. The largest absolute Gasteiger partial charge is 0.456 e. The summed E-state index contributed by atoms with van der Waals surface area (Å²) in [5, 5.41) is 9.91. The summed E-state index contributed by atoms with van der Waals surface area (Å²) in [6.07, 6.45) is 0. The number of hydrogen-bond donors (Lipinski definition) is 0. The van der Waals surface area contributed by atoms with Crippen molar-refractivity contribution >= 4 is 97.1 Å². The van der Waals surface area contributed by atoms with Crippen LogP contribution in [0.15, 0.2) is 199 Å². The highest BCUT2D eigenvalue weighted by atomic mass is 32.1. The molecule has 9 aromatic carbocycles. The Morgan fingerprint density at radius 1 is 0.310 bits per heavy atom. The normalized spacial score (nSPS) is 12.1. The van der Waals surface area contributed by atoms with Gasteiger partial charge in [0.25, 0.3) is 0 Å². The predicted octanol–water partition coefficient (Wildman–Crippen LogP) is 15.5. The first-order chi connectivity index (χ1) is 28.8. The number of hydrogen-bond acceptors (Lipinski definition) is 2. The molecule has 0 amide bonds. The molecule has 4 aromatic heterocycles. The summed E-state index contributed by atoms with van der Waals surface area (Å²) in [7, 11) is 0. The summed E-state index contributed by atoms with van der Waals surface area (Å²) < 4.78 is 13.9. The minimum Gasteiger partial charge on any atom is -0.456 e. The number of aromatic nitrogens is 2. The molecule has 0 radical (unpaired) electrons. The molecular formula is C54H32N2OS. The number of benzene rings is 9. The molecule has 0 unspecified atom stereocenters. The topological polar surface area (TPSA) is 23.0 Å². The van der Waals surface area contributed by atoms with Gasteiger partial charge in [0.2, 0.25) is 0 Å². The van der Waals surface area contributed by atoms with E-state index in [1.165, 1.54) is 86.0 Å². The van der Waals surface area contributed by atoms with Crippen LogP contribution in [0.2, 0.25) is 0 Å². The molecule has 13 aromatic rings. The van der Waals surface area contributed by atoms with E-state index in [0.29, 0.717) is 0 Å². The zero-order valence-electron chi connectivity index (χ0n) is 31.2. The molecule has 4 heteroatoms. The second kappa shape index (κ2) is 12.1. The van der Waals surface area contributed by atoms with E-state index >= 15 is 0 Å². The van der Waals surface area contributed by atoms with Crippen LogP contribution in [0.3, 0.4) is 0 Å². The van der Waals surface area contributed by atoms with Crippen molar-refractivity contribution in [2.75, 3.05) is 0 Å². The Balaban J connectivity index is 1.05. The first-order valence-corrected chi connectivity index (χ1v) is 20.6. The Hall–Kier alpha value is -7.40. The third kappa shape index (κ3) is 4.38. The Kier molecular flexibility index (Phi) is 6.60. The van der Waals surface area contributed by atoms with Crippen LogP contribution in [0.5, 0.6) is 0 Å². The molecule has 0 saturated carbocycles. The van der Waals surface area contributed by atoms with Gasteiger partial charge in [-0.05, 0) is 89.0 Å². The fourth-order valence-corrected chi connectivity index (χ4v) is 10.9. The molecular weight excluding hydrogens is 725 g/mol. The van der Waals surface area contributed by atoms with Gasteiger partial charge in [-0.1, -0.05) is 127 Å². The monoisotopic (exact) mass is 756 g/mol. The average Bonchev–Trinajstić information content (AvgIpc) is 4.04. The molecule has 3 nitrogen and oxygen atoms in total. The molecule has 0 N–H and O–H groups in total. The fraction of sp³-hybridized carbons (Fsp3) is 0. The second-order valence-electron chi connectivity index (χ2n) is 15.2. The molecule has 4 heterocycles. The third-order valence-corrected chi connectivity index (χ3v) is 13.3. The molecule has 0 spiro atoms. The smallest absolute Gasteiger partial charge is 0.136 e. The lowest BCUT2D eigenvalue weighted by molar-refractivity contribution is 0.669. The van der Waals surface area contributed by atoms with Crippen LogP contribution in [0.1, 0.15) is 0 Å². The molecule has 0 aliphatic rings. The van der Waals surface area contributed by atoms with E-state index in [-0.39, 0.29) is 0 Å². The SMILES string of the molecule is c1cc(-n2c3ccccc3c3c(-c4cccc5oc6ccccc6c45)cccc32)cc(-n2c3ccccc3c3c(-c4cccc5sc6ccccc6c45)cccc32)c1. The minimum atomic E-state index is 0.904. The number of thiophene rings is 1. The van der Waals surface area contributed by atoms with Gasteiger partial charge in [-0.3, -0.25) is 0 Å². The Morgan fingerprint density at radius 3 is 1.43 bits per heavy atom. The van der Waals surface area contributed by atoms with Gasteiger partial charge in [0.05, 0.1) is 22.1 Å². The van der Waals surface area contributed by atoms with Crippen molar-refractivity contribution in [3.63, 3.8) is 0 Å². The van der Waals surface area contributed by atoms with Crippen molar-refractivity contribution in [1.82, 2.24) is 9.13 Å². The van der Waals surface area contributed by atoms with Crippen molar-refractivity contribution in [2.45, 2.75) is 0 Å². The standard InChI is InChI=1S/C54H32N2OS/c1-5-24-43-39(16-1)51-35(37-22-12-29-48-53(37)41-18-3-7-28-47(41)57-48)20-10-26-45(51)55(43)33-14-9-15-34(32-33)56-44-25-6-2-17-40(44)52-36(21-11-27-46(52)56)38-23-13-31-50-54(38)42-19-4-8-30-49(42)58-50/h1-32H. The van der Waals surface area contributed by atoms with E-state index in [0.717, 1.165) is 33.3 Å². The van der Waals surface area contributed by atoms with Crippen LogP contribution in [-0.4, -0.2) is 9.13 Å². The molecule has 0 atom stereocenters. The van der Waals surface area contributed by atoms with Crippen molar-refractivity contribution in [3.05, 3.63) is 194 Å². The summed E-state index contributed by atoms with van der Waals surface area (Å²) >= 11 is 1.87. The van der Waals surface area contributed by atoms with Crippen molar-refractivity contribution < 1.29 is 4.42 Å². The molecule has 13 rings (SSSR count). The van der Waals surface area contributed by atoms with Gasteiger partial charge in [-0.15, -0.1) is 11.3 Å². The molecule has 58 heavy (non-hydrogen) atoms. The number of furan rings is 1. The first-order valence-electron chi connectivity index (χ1n) is 19.8. The van der Waals surface area contributed by atoms with E-state index < -0.39 is 0 Å². The van der Waals surface area contributed by atoms with Gasteiger partial charge in [0.1, 0.15) is 11.2 Å². The maximum atomic E-state index is 6.36. The van der Waals surface area contributed by atoms with E-state index in [1.54, 1.807) is 0 Å². The van der Waals surface area contributed by atoms with Crippen LogP contribution in [0.25, 0.3) is 119 Å². The summed E-state index contributed by atoms with van der Waals surface area (Å²) in [4.78, 5) is 0. The maximum absolute atomic E-state index is 6.36. The van der Waals surface area contributed by atoms with E-state index in [9.17, 15) is 0 Å². The number of nitrogens with zero attached hydrogens (tertiary/aromatic N) is 2. The van der Waals surface area contributed by atoms with Gasteiger partial charge in [-0.25, -0.2) is 0 Å². The lowest BCUT2D eigenvalue weighted by Crippen LogP contribution is -1.98. The Labute approximate surface area is 336 Å². The highest BCUT2D eigenvalue weighted by molar-refractivity contribution is 7.25. The summed E-state index contributed by atoms with van der Waals surface area (Å²) in [6, 6.07) is 70.7. The van der Waals surface area contributed by atoms with Gasteiger partial charge < -0.3 is 13.6 Å².